The van der Waals surface area contributed by atoms with Gasteiger partial charge in [-0.25, -0.2) is 0 Å². The highest BCUT2D eigenvalue weighted by molar-refractivity contribution is 9.09. The normalized spacial score (nSPS) is 17.2. The third-order valence-electron chi connectivity index (χ3n) is 2.13. The van der Waals surface area contributed by atoms with Crippen molar-refractivity contribution >= 4 is 15.9 Å². The number of hydrogen-bond acceptors (Lipinski definition) is 2. The van der Waals surface area contributed by atoms with Crippen LogP contribution < -0.4 is 0 Å². The molecule has 3 heteroatoms. The Kier molecular flexibility index (Phi) is 5.19. The van der Waals surface area contributed by atoms with E-state index < -0.39 is 0 Å². The molecule has 1 rings (SSSR count). The number of rotatable bonds is 7. The van der Waals surface area contributed by atoms with Gasteiger partial charge in [-0.2, -0.15) is 0 Å². The van der Waals surface area contributed by atoms with Crippen LogP contribution in [0.2, 0.25) is 0 Å². The van der Waals surface area contributed by atoms with E-state index in [9.17, 15) is 0 Å². The van der Waals surface area contributed by atoms with Gasteiger partial charge in [-0.15, -0.1) is 0 Å². The smallest absolute Gasteiger partial charge is 0.0593 e. The molecule has 0 saturated heterocycles. The molecule has 0 aliphatic heterocycles. The molecule has 0 amide bonds. The third-order valence-corrected chi connectivity index (χ3v) is 2.49. The Morgan fingerprint density at radius 3 is 2.75 bits per heavy atom. The average Bonchev–Trinajstić information content (AvgIpc) is 2.82. The predicted molar refractivity (Wildman–Crippen MR) is 54.8 cm³/mol. The zero-order valence-electron chi connectivity index (χ0n) is 7.76. The minimum absolute atomic E-state index is 0.889. The van der Waals surface area contributed by atoms with E-state index in [1.165, 1.54) is 12.8 Å². The zero-order valence-corrected chi connectivity index (χ0v) is 9.35. The van der Waals surface area contributed by atoms with Crippen molar-refractivity contribution in [2.75, 3.05) is 38.7 Å². The lowest BCUT2D eigenvalue weighted by atomic mass is 10.5. The fourth-order valence-electron chi connectivity index (χ4n) is 1.01. The summed E-state index contributed by atoms with van der Waals surface area (Å²) in [4.78, 5) is 2.28. The maximum Gasteiger partial charge on any atom is 0.0593 e. The van der Waals surface area contributed by atoms with Crippen molar-refractivity contribution in [2.24, 2.45) is 5.92 Å². The first-order chi connectivity index (χ1) is 5.83. The van der Waals surface area contributed by atoms with Gasteiger partial charge in [0.1, 0.15) is 0 Å². The van der Waals surface area contributed by atoms with Gasteiger partial charge < -0.3 is 9.64 Å². The molecular weight excluding hydrogens is 218 g/mol. The van der Waals surface area contributed by atoms with Crippen LogP contribution in [0.5, 0.6) is 0 Å². The van der Waals surface area contributed by atoms with E-state index in [4.69, 9.17) is 4.74 Å². The van der Waals surface area contributed by atoms with E-state index in [0.29, 0.717) is 0 Å². The van der Waals surface area contributed by atoms with Crippen molar-refractivity contribution in [1.82, 2.24) is 4.90 Å². The molecule has 72 valence electrons. The van der Waals surface area contributed by atoms with Gasteiger partial charge >= 0.3 is 0 Å². The Hall–Kier alpha value is 0.400. The minimum Gasteiger partial charge on any atom is -0.380 e. The van der Waals surface area contributed by atoms with Crippen molar-refractivity contribution < 1.29 is 4.74 Å². The molecule has 0 heterocycles. The highest BCUT2D eigenvalue weighted by atomic mass is 79.9. The van der Waals surface area contributed by atoms with Crippen LogP contribution in [-0.4, -0.2) is 43.6 Å². The maximum absolute atomic E-state index is 5.52. The Bertz CT molecular complexity index is 117. The van der Waals surface area contributed by atoms with E-state index >= 15 is 0 Å². The van der Waals surface area contributed by atoms with E-state index in [2.05, 4.69) is 27.9 Å². The largest absolute Gasteiger partial charge is 0.380 e. The molecule has 1 aliphatic rings. The topological polar surface area (TPSA) is 12.5 Å². The molecule has 1 fully saturated rings. The van der Waals surface area contributed by atoms with Crippen LogP contribution in [0.1, 0.15) is 12.8 Å². The summed E-state index contributed by atoms with van der Waals surface area (Å²) in [7, 11) is 2.13. The summed E-state index contributed by atoms with van der Waals surface area (Å²) in [5, 5.41) is 1.05. The molecule has 0 aromatic carbocycles. The number of ether oxygens (including phenoxy) is 1. The van der Waals surface area contributed by atoms with Crippen LogP contribution in [0.4, 0.5) is 0 Å². The van der Waals surface area contributed by atoms with Gasteiger partial charge in [-0.1, -0.05) is 15.9 Å². The van der Waals surface area contributed by atoms with Crippen LogP contribution in [-0.2, 0) is 4.74 Å². The van der Waals surface area contributed by atoms with E-state index in [0.717, 1.165) is 37.6 Å². The first-order valence-corrected chi connectivity index (χ1v) is 5.77. The van der Waals surface area contributed by atoms with Crippen molar-refractivity contribution in [3.05, 3.63) is 0 Å². The van der Waals surface area contributed by atoms with Gasteiger partial charge in [0, 0.05) is 25.0 Å². The molecule has 0 aromatic rings. The highest BCUT2D eigenvalue weighted by Gasteiger charge is 2.20. The summed E-state index contributed by atoms with van der Waals surface area (Å²) in [6, 6.07) is 0. The predicted octanol–water partition coefficient (Wildman–Crippen LogP) is 1.74. The third kappa shape index (κ3) is 5.12. The number of likely N-dealkylation sites (N-methyl/N-ethyl adjacent to an activating group) is 1. The molecule has 1 saturated carbocycles. The molecule has 0 radical (unpaired) electrons. The standard InChI is InChI=1S/C9H18BrNO/c1-11(5-4-10)6-7-12-8-9-2-3-9/h9H,2-8H2,1H3. The van der Waals surface area contributed by atoms with Crippen LogP contribution in [0, 0.1) is 5.92 Å². The Morgan fingerprint density at radius 2 is 2.17 bits per heavy atom. The van der Waals surface area contributed by atoms with Crippen molar-refractivity contribution in [1.29, 1.82) is 0 Å². The second-order valence-electron chi connectivity index (χ2n) is 3.51. The molecule has 0 aromatic heterocycles. The number of alkyl halides is 1. The van der Waals surface area contributed by atoms with Crippen molar-refractivity contribution in [3.63, 3.8) is 0 Å². The fraction of sp³-hybridized carbons (Fsp3) is 1.00. The molecule has 0 unspecified atom stereocenters. The lowest BCUT2D eigenvalue weighted by molar-refractivity contribution is 0.105. The summed E-state index contributed by atoms with van der Waals surface area (Å²) < 4.78 is 5.52. The number of hydrogen-bond donors (Lipinski definition) is 0. The summed E-state index contributed by atoms with van der Waals surface area (Å²) in [5.41, 5.74) is 0. The van der Waals surface area contributed by atoms with Crippen LogP contribution in [0.25, 0.3) is 0 Å². The summed E-state index contributed by atoms with van der Waals surface area (Å²) >= 11 is 3.41. The Morgan fingerprint density at radius 1 is 1.42 bits per heavy atom. The number of halogens is 1. The summed E-state index contributed by atoms with van der Waals surface area (Å²) in [5.74, 6) is 0.895. The van der Waals surface area contributed by atoms with E-state index in [1.807, 2.05) is 0 Å². The van der Waals surface area contributed by atoms with Gasteiger partial charge in [-0.05, 0) is 25.8 Å². The van der Waals surface area contributed by atoms with Gasteiger partial charge in [0.25, 0.3) is 0 Å². The first-order valence-electron chi connectivity index (χ1n) is 4.65. The van der Waals surface area contributed by atoms with Crippen molar-refractivity contribution in [2.45, 2.75) is 12.8 Å². The second-order valence-corrected chi connectivity index (χ2v) is 4.30. The van der Waals surface area contributed by atoms with Gasteiger partial charge in [-0.3, -0.25) is 0 Å². The lowest BCUT2D eigenvalue weighted by Crippen LogP contribution is -2.25. The SMILES string of the molecule is CN(CCBr)CCOCC1CC1. The van der Waals surface area contributed by atoms with Crippen LogP contribution >= 0.6 is 15.9 Å². The highest BCUT2D eigenvalue weighted by Crippen LogP contribution is 2.28. The molecule has 1 aliphatic carbocycles. The second kappa shape index (κ2) is 5.95. The summed E-state index contributed by atoms with van der Waals surface area (Å²) in [6.07, 6.45) is 2.77. The average molecular weight is 236 g/mol. The minimum atomic E-state index is 0.889. The lowest BCUT2D eigenvalue weighted by Gasteiger charge is -2.14. The molecule has 2 nitrogen and oxygen atoms in total. The molecule has 12 heavy (non-hydrogen) atoms. The quantitative estimate of drug-likeness (QED) is 0.493. The first kappa shape index (κ1) is 10.5. The van der Waals surface area contributed by atoms with Crippen LogP contribution in [0.3, 0.4) is 0 Å². The zero-order chi connectivity index (χ0) is 8.81. The molecular formula is C9H18BrNO. The van der Waals surface area contributed by atoms with Crippen LogP contribution in [0.15, 0.2) is 0 Å². The van der Waals surface area contributed by atoms with E-state index in [-0.39, 0.29) is 0 Å². The maximum atomic E-state index is 5.52. The molecule has 0 N–H and O–H groups in total. The van der Waals surface area contributed by atoms with Gasteiger partial charge in [0.15, 0.2) is 0 Å². The van der Waals surface area contributed by atoms with Gasteiger partial charge in [0.2, 0.25) is 0 Å². The molecule has 0 bridgehead atoms. The molecule has 0 spiro atoms. The Labute approximate surface area is 83.4 Å². The number of nitrogens with zero attached hydrogens (tertiary/aromatic N) is 1. The van der Waals surface area contributed by atoms with Gasteiger partial charge in [0.05, 0.1) is 6.61 Å². The Balaban J connectivity index is 1.80. The monoisotopic (exact) mass is 235 g/mol. The molecule has 0 atom stereocenters. The van der Waals surface area contributed by atoms with E-state index in [1.54, 1.807) is 0 Å². The summed E-state index contributed by atoms with van der Waals surface area (Å²) in [6.45, 7) is 4.03. The van der Waals surface area contributed by atoms with Crippen molar-refractivity contribution in [3.8, 4) is 0 Å². The fourth-order valence-corrected chi connectivity index (χ4v) is 1.62.